The first-order valence-corrected chi connectivity index (χ1v) is 5.80. The monoisotopic (exact) mass is 227 g/mol. The molecule has 0 unspecified atom stereocenters. The maximum absolute atomic E-state index is 11.5. The summed E-state index contributed by atoms with van der Waals surface area (Å²) in [6.45, 7) is 8.10. The third-order valence-corrected chi connectivity index (χ3v) is 2.96. The molecular formula is C15H17NO. The molecule has 0 fully saturated rings. The summed E-state index contributed by atoms with van der Waals surface area (Å²) >= 11 is 0. The van der Waals surface area contributed by atoms with E-state index in [2.05, 4.69) is 37.9 Å². The first-order valence-electron chi connectivity index (χ1n) is 5.80. The fourth-order valence-electron chi connectivity index (χ4n) is 1.92. The van der Waals surface area contributed by atoms with Crippen molar-refractivity contribution in [1.29, 1.82) is 0 Å². The summed E-state index contributed by atoms with van der Waals surface area (Å²) in [6.07, 6.45) is 1.70. The number of ketones is 1. The van der Waals surface area contributed by atoms with Crippen LogP contribution in [0.3, 0.4) is 0 Å². The van der Waals surface area contributed by atoms with E-state index < -0.39 is 0 Å². The standard InChI is InChI=1S/C15H17NO/c1-10(17)14-13-6-5-12(15(2,3)4)9-11(13)7-8-16-14/h5-9H,1-4H3. The van der Waals surface area contributed by atoms with Crippen molar-refractivity contribution in [2.75, 3.05) is 0 Å². The first-order chi connectivity index (χ1) is 7.89. The average Bonchev–Trinajstić information content (AvgIpc) is 2.26. The van der Waals surface area contributed by atoms with Gasteiger partial charge in [0.2, 0.25) is 0 Å². The summed E-state index contributed by atoms with van der Waals surface area (Å²) in [5.41, 5.74) is 1.95. The van der Waals surface area contributed by atoms with Gasteiger partial charge < -0.3 is 0 Å². The zero-order chi connectivity index (χ0) is 12.6. The van der Waals surface area contributed by atoms with Crippen molar-refractivity contribution < 1.29 is 4.79 Å². The zero-order valence-corrected chi connectivity index (χ0v) is 10.7. The van der Waals surface area contributed by atoms with Crippen molar-refractivity contribution in [2.45, 2.75) is 33.1 Å². The molecule has 0 saturated carbocycles. The van der Waals surface area contributed by atoms with Crippen molar-refractivity contribution in [1.82, 2.24) is 4.98 Å². The van der Waals surface area contributed by atoms with Crippen LogP contribution in [-0.4, -0.2) is 10.8 Å². The van der Waals surface area contributed by atoms with E-state index in [0.717, 1.165) is 10.8 Å². The third-order valence-electron chi connectivity index (χ3n) is 2.96. The molecule has 2 aromatic rings. The normalized spacial score (nSPS) is 11.8. The summed E-state index contributed by atoms with van der Waals surface area (Å²) in [5.74, 6) is 0.0131. The Morgan fingerprint density at radius 3 is 2.47 bits per heavy atom. The van der Waals surface area contributed by atoms with Crippen LogP contribution in [-0.2, 0) is 5.41 Å². The fourth-order valence-corrected chi connectivity index (χ4v) is 1.92. The van der Waals surface area contributed by atoms with Crippen LogP contribution in [0, 0.1) is 0 Å². The number of hydrogen-bond acceptors (Lipinski definition) is 2. The highest BCUT2D eigenvalue weighted by molar-refractivity contribution is 6.05. The largest absolute Gasteiger partial charge is 0.293 e. The number of benzene rings is 1. The maximum Gasteiger partial charge on any atom is 0.178 e. The number of pyridine rings is 1. The second-order valence-electron chi connectivity index (χ2n) is 5.40. The molecule has 0 amide bonds. The molecule has 88 valence electrons. The Labute approximate surface area is 102 Å². The molecule has 2 rings (SSSR count). The lowest BCUT2D eigenvalue weighted by atomic mass is 9.86. The molecule has 1 heterocycles. The van der Waals surface area contributed by atoms with Gasteiger partial charge in [-0.15, -0.1) is 0 Å². The summed E-state index contributed by atoms with van der Waals surface area (Å²) in [4.78, 5) is 15.6. The quantitative estimate of drug-likeness (QED) is 0.695. The number of carbonyl (C=O) groups excluding carboxylic acids is 1. The van der Waals surface area contributed by atoms with Crippen LogP contribution in [0.5, 0.6) is 0 Å². The maximum atomic E-state index is 11.5. The molecule has 0 spiro atoms. The van der Waals surface area contributed by atoms with E-state index >= 15 is 0 Å². The van der Waals surface area contributed by atoms with Gasteiger partial charge in [-0.05, 0) is 22.4 Å². The summed E-state index contributed by atoms with van der Waals surface area (Å²) in [6, 6.07) is 8.18. The Hall–Kier alpha value is -1.70. The Morgan fingerprint density at radius 1 is 1.18 bits per heavy atom. The SMILES string of the molecule is CC(=O)c1nccc2cc(C(C)(C)C)ccc12. The Bertz CT molecular complexity index is 579. The van der Waals surface area contributed by atoms with E-state index in [1.54, 1.807) is 13.1 Å². The predicted molar refractivity (Wildman–Crippen MR) is 70.4 cm³/mol. The highest BCUT2D eigenvalue weighted by Crippen LogP contribution is 2.27. The van der Waals surface area contributed by atoms with Crippen molar-refractivity contribution in [2.24, 2.45) is 0 Å². The lowest BCUT2D eigenvalue weighted by Crippen LogP contribution is -2.10. The van der Waals surface area contributed by atoms with E-state index in [-0.39, 0.29) is 11.2 Å². The van der Waals surface area contributed by atoms with E-state index in [1.807, 2.05) is 12.1 Å². The van der Waals surface area contributed by atoms with E-state index in [0.29, 0.717) is 5.69 Å². The van der Waals surface area contributed by atoms with Gasteiger partial charge in [-0.1, -0.05) is 39.0 Å². The molecule has 0 aliphatic carbocycles. The Morgan fingerprint density at radius 2 is 1.88 bits per heavy atom. The van der Waals surface area contributed by atoms with Gasteiger partial charge in [0.15, 0.2) is 5.78 Å². The number of hydrogen-bond donors (Lipinski definition) is 0. The molecule has 0 aliphatic rings. The second-order valence-corrected chi connectivity index (χ2v) is 5.40. The number of aromatic nitrogens is 1. The van der Waals surface area contributed by atoms with E-state index in [9.17, 15) is 4.79 Å². The zero-order valence-electron chi connectivity index (χ0n) is 10.7. The van der Waals surface area contributed by atoms with Gasteiger partial charge in [-0.2, -0.15) is 0 Å². The molecule has 17 heavy (non-hydrogen) atoms. The van der Waals surface area contributed by atoms with E-state index in [4.69, 9.17) is 0 Å². The van der Waals surface area contributed by atoms with Crippen LogP contribution in [0.25, 0.3) is 10.8 Å². The van der Waals surface area contributed by atoms with Crippen LogP contribution in [0.4, 0.5) is 0 Å². The van der Waals surface area contributed by atoms with E-state index in [1.165, 1.54) is 5.56 Å². The molecule has 0 N–H and O–H groups in total. The topological polar surface area (TPSA) is 30.0 Å². The second kappa shape index (κ2) is 3.95. The van der Waals surface area contributed by atoms with Gasteiger partial charge in [0.05, 0.1) is 0 Å². The minimum Gasteiger partial charge on any atom is -0.293 e. The van der Waals surface area contributed by atoms with Crippen molar-refractivity contribution in [3.8, 4) is 0 Å². The molecular weight excluding hydrogens is 210 g/mol. The smallest absolute Gasteiger partial charge is 0.178 e. The molecule has 0 atom stereocenters. The number of fused-ring (bicyclic) bond motifs is 1. The summed E-state index contributed by atoms with van der Waals surface area (Å²) < 4.78 is 0. The van der Waals surface area contributed by atoms with Gasteiger partial charge in [0, 0.05) is 18.5 Å². The van der Waals surface area contributed by atoms with Crippen molar-refractivity contribution in [3.63, 3.8) is 0 Å². The highest BCUT2D eigenvalue weighted by atomic mass is 16.1. The first kappa shape index (κ1) is 11.8. The predicted octanol–water partition coefficient (Wildman–Crippen LogP) is 3.73. The molecule has 1 aromatic heterocycles. The lowest BCUT2D eigenvalue weighted by molar-refractivity contribution is 0.101. The van der Waals surface area contributed by atoms with Crippen molar-refractivity contribution in [3.05, 3.63) is 41.7 Å². The average molecular weight is 227 g/mol. The minimum absolute atomic E-state index is 0.0131. The van der Waals surface area contributed by atoms with Crippen LogP contribution in [0.1, 0.15) is 43.7 Å². The number of rotatable bonds is 1. The van der Waals surface area contributed by atoms with Gasteiger partial charge in [0.1, 0.15) is 5.69 Å². The molecule has 2 nitrogen and oxygen atoms in total. The third kappa shape index (κ3) is 2.21. The van der Waals surface area contributed by atoms with Crippen LogP contribution < -0.4 is 0 Å². The molecule has 0 aliphatic heterocycles. The molecule has 1 aromatic carbocycles. The lowest BCUT2D eigenvalue weighted by Gasteiger charge is -2.19. The number of carbonyl (C=O) groups is 1. The Kier molecular flexibility index (Phi) is 2.74. The minimum atomic E-state index is 0.0131. The van der Waals surface area contributed by atoms with Gasteiger partial charge in [-0.25, -0.2) is 0 Å². The number of nitrogens with zero attached hydrogens (tertiary/aromatic N) is 1. The van der Waals surface area contributed by atoms with Crippen LogP contribution in [0.15, 0.2) is 30.5 Å². The molecule has 0 saturated heterocycles. The van der Waals surface area contributed by atoms with Gasteiger partial charge in [-0.3, -0.25) is 9.78 Å². The molecule has 2 heteroatoms. The molecule has 0 radical (unpaired) electrons. The van der Waals surface area contributed by atoms with Gasteiger partial charge in [0.25, 0.3) is 0 Å². The van der Waals surface area contributed by atoms with Crippen LogP contribution >= 0.6 is 0 Å². The highest BCUT2D eigenvalue weighted by Gasteiger charge is 2.15. The van der Waals surface area contributed by atoms with Crippen molar-refractivity contribution >= 4 is 16.6 Å². The Balaban J connectivity index is 2.69. The fraction of sp³-hybridized carbons (Fsp3) is 0.333. The number of Topliss-reactive ketones (excluding diaryl/α,β-unsaturated/α-hetero) is 1. The summed E-state index contributed by atoms with van der Waals surface area (Å²) in [5, 5.41) is 2.02. The van der Waals surface area contributed by atoms with Crippen LogP contribution in [0.2, 0.25) is 0 Å². The summed E-state index contributed by atoms with van der Waals surface area (Å²) in [7, 11) is 0. The van der Waals surface area contributed by atoms with Gasteiger partial charge >= 0.3 is 0 Å². The molecule has 0 bridgehead atoms.